The minimum absolute atomic E-state index is 0.120. The van der Waals surface area contributed by atoms with E-state index in [4.69, 9.17) is 15.2 Å². The maximum atomic E-state index is 13.0. The van der Waals surface area contributed by atoms with E-state index in [-0.39, 0.29) is 11.8 Å². The number of hydrogen-bond donors (Lipinski definition) is 1. The smallest absolute Gasteiger partial charge is 0.246 e. The number of aromatic nitrogens is 3. The zero-order valence-corrected chi connectivity index (χ0v) is 12.6. The van der Waals surface area contributed by atoms with Crippen molar-refractivity contribution in [3.05, 3.63) is 30.1 Å². The zero-order valence-electron chi connectivity index (χ0n) is 11.7. The van der Waals surface area contributed by atoms with Gasteiger partial charge in [-0.2, -0.15) is 4.98 Å². The third-order valence-corrected chi connectivity index (χ3v) is 3.86. The highest BCUT2D eigenvalue weighted by Crippen LogP contribution is 2.33. The fourth-order valence-corrected chi connectivity index (χ4v) is 2.79. The van der Waals surface area contributed by atoms with E-state index in [0.29, 0.717) is 34.4 Å². The lowest BCUT2D eigenvalue weighted by Gasteiger charge is -2.04. The summed E-state index contributed by atoms with van der Waals surface area (Å²) >= 11 is 1.35. The van der Waals surface area contributed by atoms with Gasteiger partial charge in [0.1, 0.15) is 17.4 Å². The molecule has 2 heterocycles. The fraction of sp³-hybridized carbons (Fsp3) is 0.214. The standard InChI is InChI=1S/C14H13FN4O2S/c1-20-6-7-21-11-10-13(19-14(16)18-11)22-12(17-10)8-2-4-9(15)5-3-8/h2-5H,6-7H2,1H3,(H2,16,18,19). The molecule has 8 heteroatoms. The van der Waals surface area contributed by atoms with Crippen molar-refractivity contribution in [3.63, 3.8) is 0 Å². The van der Waals surface area contributed by atoms with Crippen LogP contribution in [-0.4, -0.2) is 35.3 Å². The Balaban J connectivity index is 2.01. The van der Waals surface area contributed by atoms with Crippen LogP contribution in [0.15, 0.2) is 24.3 Å². The first-order chi connectivity index (χ1) is 10.7. The number of benzene rings is 1. The molecule has 2 aromatic heterocycles. The van der Waals surface area contributed by atoms with Gasteiger partial charge in [0.05, 0.1) is 6.61 Å². The van der Waals surface area contributed by atoms with Crippen LogP contribution in [0.5, 0.6) is 5.88 Å². The Morgan fingerprint density at radius 3 is 2.64 bits per heavy atom. The van der Waals surface area contributed by atoms with Crippen LogP contribution < -0.4 is 10.5 Å². The molecule has 0 aliphatic heterocycles. The number of thiazole rings is 1. The van der Waals surface area contributed by atoms with Crippen molar-refractivity contribution in [2.24, 2.45) is 0 Å². The summed E-state index contributed by atoms with van der Waals surface area (Å²) in [6, 6.07) is 6.10. The van der Waals surface area contributed by atoms with Crippen LogP contribution in [0.4, 0.5) is 10.3 Å². The van der Waals surface area contributed by atoms with Crippen LogP contribution in [0.2, 0.25) is 0 Å². The third kappa shape index (κ3) is 2.97. The van der Waals surface area contributed by atoms with Crippen LogP contribution in [0, 0.1) is 5.82 Å². The highest BCUT2D eigenvalue weighted by Gasteiger charge is 2.15. The lowest BCUT2D eigenvalue weighted by atomic mass is 10.2. The topological polar surface area (TPSA) is 83.2 Å². The second-order valence-corrected chi connectivity index (χ2v) is 5.39. The van der Waals surface area contributed by atoms with Crippen LogP contribution >= 0.6 is 11.3 Å². The van der Waals surface area contributed by atoms with Crippen molar-refractivity contribution >= 4 is 27.6 Å². The highest BCUT2D eigenvalue weighted by molar-refractivity contribution is 7.21. The largest absolute Gasteiger partial charge is 0.474 e. The Morgan fingerprint density at radius 1 is 1.14 bits per heavy atom. The molecule has 0 saturated carbocycles. The molecule has 1 aromatic carbocycles. The molecular formula is C14H13FN4O2S. The summed E-state index contributed by atoms with van der Waals surface area (Å²) in [4.78, 5) is 13.3. The average Bonchev–Trinajstić information content (AvgIpc) is 2.92. The Bertz CT molecular complexity index is 791. The van der Waals surface area contributed by atoms with Gasteiger partial charge in [-0.05, 0) is 24.3 Å². The second kappa shape index (κ2) is 6.20. The Labute approximate surface area is 129 Å². The summed E-state index contributed by atoms with van der Waals surface area (Å²) in [6.45, 7) is 0.770. The van der Waals surface area contributed by atoms with Gasteiger partial charge in [0, 0.05) is 12.7 Å². The summed E-state index contributed by atoms with van der Waals surface area (Å²) in [5.74, 6) is 0.149. The van der Waals surface area contributed by atoms with Gasteiger partial charge < -0.3 is 15.2 Å². The third-order valence-electron chi connectivity index (χ3n) is 2.86. The number of anilines is 1. The molecule has 0 saturated heterocycles. The van der Waals surface area contributed by atoms with Gasteiger partial charge in [0.15, 0.2) is 10.3 Å². The van der Waals surface area contributed by atoms with Crippen molar-refractivity contribution < 1.29 is 13.9 Å². The summed E-state index contributed by atoms with van der Waals surface area (Å²) in [6.07, 6.45) is 0. The number of nitrogens with zero attached hydrogens (tertiary/aromatic N) is 3. The molecule has 0 aliphatic rings. The van der Waals surface area contributed by atoms with E-state index in [1.807, 2.05) is 0 Å². The molecule has 2 N–H and O–H groups in total. The van der Waals surface area contributed by atoms with Crippen LogP contribution in [-0.2, 0) is 4.74 Å². The van der Waals surface area contributed by atoms with E-state index in [1.165, 1.54) is 23.5 Å². The van der Waals surface area contributed by atoms with E-state index in [1.54, 1.807) is 19.2 Å². The van der Waals surface area contributed by atoms with Crippen molar-refractivity contribution in [2.75, 3.05) is 26.1 Å². The Hall–Kier alpha value is -2.32. The molecule has 0 spiro atoms. The van der Waals surface area contributed by atoms with Gasteiger partial charge in [-0.15, -0.1) is 0 Å². The van der Waals surface area contributed by atoms with E-state index >= 15 is 0 Å². The maximum absolute atomic E-state index is 13.0. The molecule has 3 aromatic rings. The average molecular weight is 320 g/mol. The lowest BCUT2D eigenvalue weighted by Crippen LogP contribution is -2.07. The summed E-state index contributed by atoms with van der Waals surface area (Å²) < 4.78 is 23.5. The van der Waals surface area contributed by atoms with Crippen LogP contribution in [0.25, 0.3) is 20.9 Å². The molecule has 0 bridgehead atoms. The van der Waals surface area contributed by atoms with E-state index < -0.39 is 0 Å². The molecule has 3 rings (SSSR count). The van der Waals surface area contributed by atoms with Gasteiger partial charge in [-0.1, -0.05) is 11.3 Å². The van der Waals surface area contributed by atoms with Gasteiger partial charge in [0.2, 0.25) is 11.8 Å². The first-order valence-electron chi connectivity index (χ1n) is 6.49. The summed E-state index contributed by atoms with van der Waals surface area (Å²) in [5, 5.41) is 0.700. The van der Waals surface area contributed by atoms with Crippen molar-refractivity contribution in [1.29, 1.82) is 0 Å². The SMILES string of the molecule is COCCOc1nc(N)nc2sc(-c3ccc(F)cc3)nc12. The number of hydrogen-bond acceptors (Lipinski definition) is 7. The van der Waals surface area contributed by atoms with Gasteiger partial charge >= 0.3 is 0 Å². The van der Waals surface area contributed by atoms with E-state index in [2.05, 4.69) is 15.0 Å². The zero-order chi connectivity index (χ0) is 15.5. The molecule has 114 valence electrons. The van der Waals surface area contributed by atoms with E-state index in [9.17, 15) is 4.39 Å². The first-order valence-corrected chi connectivity index (χ1v) is 7.31. The second-order valence-electron chi connectivity index (χ2n) is 4.41. The number of methoxy groups -OCH3 is 1. The Morgan fingerprint density at radius 2 is 1.91 bits per heavy atom. The quantitative estimate of drug-likeness (QED) is 0.727. The summed E-state index contributed by atoms with van der Waals surface area (Å²) in [7, 11) is 1.59. The number of rotatable bonds is 5. The van der Waals surface area contributed by atoms with Crippen LogP contribution in [0.1, 0.15) is 0 Å². The predicted octanol–water partition coefficient (Wildman–Crippen LogP) is 2.50. The predicted molar refractivity (Wildman–Crippen MR) is 82.4 cm³/mol. The Kier molecular flexibility index (Phi) is 4.12. The molecule has 0 amide bonds. The van der Waals surface area contributed by atoms with Gasteiger partial charge in [0.25, 0.3) is 0 Å². The normalized spacial score (nSPS) is 11.0. The molecule has 6 nitrogen and oxygen atoms in total. The van der Waals surface area contributed by atoms with Crippen molar-refractivity contribution in [3.8, 4) is 16.5 Å². The van der Waals surface area contributed by atoms with E-state index in [0.717, 1.165) is 5.56 Å². The molecule has 0 fully saturated rings. The monoisotopic (exact) mass is 320 g/mol. The molecular weight excluding hydrogens is 307 g/mol. The minimum atomic E-state index is -0.294. The van der Waals surface area contributed by atoms with Crippen molar-refractivity contribution in [2.45, 2.75) is 0 Å². The first kappa shape index (κ1) is 14.6. The molecule has 0 radical (unpaired) electrons. The maximum Gasteiger partial charge on any atom is 0.246 e. The van der Waals surface area contributed by atoms with Gasteiger partial charge in [-0.25, -0.2) is 14.4 Å². The van der Waals surface area contributed by atoms with Gasteiger partial charge in [-0.3, -0.25) is 0 Å². The molecule has 0 atom stereocenters. The number of halogens is 1. The number of ether oxygens (including phenoxy) is 2. The van der Waals surface area contributed by atoms with Crippen molar-refractivity contribution in [1.82, 2.24) is 15.0 Å². The summed E-state index contributed by atoms with van der Waals surface area (Å²) in [5.41, 5.74) is 7.03. The molecule has 0 aliphatic carbocycles. The number of fused-ring (bicyclic) bond motifs is 1. The fourth-order valence-electron chi connectivity index (χ4n) is 1.85. The number of nitrogens with two attached hydrogens (primary N) is 1. The lowest BCUT2D eigenvalue weighted by molar-refractivity contribution is 0.144. The number of nitrogen functional groups attached to an aromatic ring is 1. The molecule has 0 unspecified atom stereocenters. The minimum Gasteiger partial charge on any atom is -0.474 e. The molecule has 22 heavy (non-hydrogen) atoms. The highest BCUT2D eigenvalue weighted by atomic mass is 32.1. The van der Waals surface area contributed by atoms with Crippen LogP contribution in [0.3, 0.4) is 0 Å².